The third-order valence-corrected chi connectivity index (χ3v) is 11.8. The number of hydrogen-bond acceptors (Lipinski definition) is 20. The van der Waals surface area contributed by atoms with Crippen molar-refractivity contribution < 1.29 is 65.1 Å². The molecule has 360 valence electrons. The first-order valence-electron chi connectivity index (χ1n) is 20.6. The fraction of sp³-hybridized carbons (Fsp3) is 0.538. The molecule has 4 aromatic rings. The van der Waals surface area contributed by atoms with Gasteiger partial charge in [0.2, 0.25) is 23.8 Å². The van der Waals surface area contributed by atoms with Gasteiger partial charge in [-0.25, -0.2) is 39.5 Å². The number of ether oxygens (including phenoxy) is 4. The predicted molar refractivity (Wildman–Crippen MR) is 221 cm³/mol. The molecule has 0 bridgehead atoms. The van der Waals surface area contributed by atoms with Gasteiger partial charge in [-0.2, -0.15) is 36.3 Å². The molecule has 6 atom stereocenters. The van der Waals surface area contributed by atoms with E-state index < -0.39 is 95.5 Å². The van der Waals surface area contributed by atoms with Crippen molar-refractivity contribution in [2.45, 2.75) is 82.0 Å². The maximum absolute atomic E-state index is 13.7. The number of nitrogen functional groups attached to an aromatic ring is 2. The zero-order valence-electron chi connectivity index (χ0n) is 34.4. The highest BCUT2D eigenvalue weighted by Gasteiger charge is 2.52. The summed E-state index contributed by atoms with van der Waals surface area (Å²) in [5, 5.41) is 20.2. The van der Waals surface area contributed by atoms with Crippen molar-refractivity contribution in [3.63, 3.8) is 0 Å². The van der Waals surface area contributed by atoms with E-state index >= 15 is 0 Å². The van der Waals surface area contributed by atoms with Crippen molar-refractivity contribution in [3.05, 3.63) is 35.9 Å². The molecule has 4 saturated heterocycles. The number of anilines is 6. The van der Waals surface area contributed by atoms with Crippen LogP contribution in [0.25, 0.3) is 22.5 Å². The van der Waals surface area contributed by atoms with E-state index in [1.165, 1.54) is 21.9 Å². The summed E-state index contributed by atoms with van der Waals surface area (Å²) >= 11 is 0. The van der Waals surface area contributed by atoms with E-state index in [0.29, 0.717) is 78.3 Å². The smallest absolute Gasteiger partial charge is 0.434 e. The molecular formula is C39H44F6N14O8. The molecule has 4 aromatic heterocycles. The Balaban J connectivity index is 0.000000179. The quantitative estimate of drug-likeness (QED) is 0.202. The summed E-state index contributed by atoms with van der Waals surface area (Å²) < 4.78 is 104. The van der Waals surface area contributed by atoms with Crippen molar-refractivity contribution >= 4 is 47.6 Å². The first kappa shape index (κ1) is 47.0. The molecule has 6 fully saturated rings. The van der Waals surface area contributed by atoms with Gasteiger partial charge in [0, 0.05) is 61.8 Å². The number of hydrogen-bond donors (Lipinski definition) is 4. The fourth-order valence-corrected chi connectivity index (χ4v) is 8.64. The van der Waals surface area contributed by atoms with Crippen LogP contribution in [0.4, 0.5) is 71.4 Å². The molecule has 0 spiro atoms. The first-order valence-corrected chi connectivity index (χ1v) is 20.6. The minimum Gasteiger partial charge on any atom is -0.441 e. The SMILES string of the molecule is C.Nc1ncc(-c2cc(N3C(=O)OC4[C@@H](O)CC[C@@H]43)nc(N3CCOCC3)n2)c(C(F)(F)F)n1.Nc1ncc(-c2cc(N3C(=O)O[C@H]4[C@H](O)CC[C@H]43)nc(N3CCOCC3)n2)c(C(F)(F)F)n1. The van der Waals surface area contributed by atoms with Crippen molar-refractivity contribution in [1.29, 1.82) is 0 Å². The number of alkyl halides is 6. The zero-order valence-corrected chi connectivity index (χ0v) is 34.4. The van der Waals surface area contributed by atoms with Gasteiger partial charge < -0.3 is 50.4 Å². The molecule has 6 N–H and O–H groups in total. The number of aliphatic hydroxyl groups is 2. The number of aromatic nitrogens is 8. The minimum absolute atomic E-state index is 0. The topological polar surface area (TPSA) is 280 Å². The summed E-state index contributed by atoms with van der Waals surface area (Å²) in [4.78, 5) is 63.1. The number of amides is 2. The van der Waals surface area contributed by atoms with Gasteiger partial charge in [0.15, 0.2) is 23.6 Å². The number of nitrogens with zero attached hydrogens (tertiary/aromatic N) is 12. The van der Waals surface area contributed by atoms with Crippen LogP contribution in [0.2, 0.25) is 0 Å². The Morgan fingerprint density at radius 3 is 1.31 bits per heavy atom. The fourth-order valence-electron chi connectivity index (χ4n) is 8.64. The Morgan fingerprint density at radius 1 is 0.582 bits per heavy atom. The van der Waals surface area contributed by atoms with E-state index in [-0.39, 0.29) is 42.3 Å². The van der Waals surface area contributed by atoms with E-state index in [9.17, 15) is 46.1 Å². The molecule has 2 amide bonds. The monoisotopic (exact) mass is 950 g/mol. The number of morpholine rings is 2. The predicted octanol–water partition coefficient (Wildman–Crippen LogP) is 3.08. The van der Waals surface area contributed by atoms with Crippen LogP contribution in [-0.4, -0.2) is 151 Å². The van der Waals surface area contributed by atoms with E-state index in [0.717, 1.165) is 12.4 Å². The Morgan fingerprint density at radius 2 is 0.955 bits per heavy atom. The third kappa shape index (κ3) is 9.29. The lowest BCUT2D eigenvalue weighted by atomic mass is 10.1. The highest BCUT2D eigenvalue weighted by atomic mass is 19.4. The lowest BCUT2D eigenvalue weighted by molar-refractivity contribution is -0.141. The second-order valence-electron chi connectivity index (χ2n) is 15.9. The Labute approximate surface area is 376 Å². The summed E-state index contributed by atoms with van der Waals surface area (Å²) in [6.45, 7) is 3.25. The second-order valence-corrected chi connectivity index (χ2v) is 15.9. The molecule has 0 aromatic carbocycles. The van der Waals surface area contributed by atoms with Crippen molar-refractivity contribution in [2.75, 3.05) is 83.7 Å². The van der Waals surface area contributed by atoms with Crippen LogP contribution in [0.15, 0.2) is 24.5 Å². The van der Waals surface area contributed by atoms with E-state index in [2.05, 4.69) is 39.9 Å². The Bertz CT molecular complexity index is 2330. The van der Waals surface area contributed by atoms with Gasteiger partial charge in [-0.05, 0) is 25.7 Å². The molecule has 4 aliphatic heterocycles. The van der Waals surface area contributed by atoms with Gasteiger partial charge in [-0.15, -0.1) is 0 Å². The molecule has 28 heteroatoms. The first-order chi connectivity index (χ1) is 31.4. The number of aliphatic hydroxyl groups excluding tert-OH is 2. The van der Waals surface area contributed by atoms with Gasteiger partial charge in [0.1, 0.15) is 11.6 Å². The average Bonchev–Trinajstić information content (AvgIpc) is 4.03. The van der Waals surface area contributed by atoms with Crippen LogP contribution in [0, 0.1) is 0 Å². The minimum atomic E-state index is -4.82. The molecular weight excluding hydrogens is 907 g/mol. The van der Waals surface area contributed by atoms with Crippen molar-refractivity contribution in [3.8, 4) is 22.5 Å². The summed E-state index contributed by atoms with van der Waals surface area (Å²) in [7, 11) is 0. The maximum Gasteiger partial charge on any atom is 0.434 e. The van der Waals surface area contributed by atoms with E-state index in [1.54, 1.807) is 9.80 Å². The molecule has 67 heavy (non-hydrogen) atoms. The summed E-state index contributed by atoms with van der Waals surface area (Å²) in [6, 6.07) is 1.56. The number of halogens is 6. The Hall–Kier alpha value is -6.52. The van der Waals surface area contributed by atoms with Crippen LogP contribution in [-0.2, 0) is 31.3 Å². The van der Waals surface area contributed by atoms with Gasteiger partial charge in [0.25, 0.3) is 0 Å². The zero-order chi connectivity index (χ0) is 46.7. The molecule has 1 unspecified atom stereocenters. The molecule has 0 radical (unpaired) electrons. The van der Waals surface area contributed by atoms with E-state index in [4.69, 9.17) is 30.4 Å². The normalized spacial score (nSPS) is 25.0. The molecule has 2 saturated carbocycles. The highest BCUT2D eigenvalue weighted by Crippen LogP contribution is 2.42. The van der Waals surface area contributed by atoms with Gasteiger partial charge in [0.05, 0.1) is 62.1 Å². The van der Waals surface area contributed by atoms with Crippen molar-refractivity contribution in [1.82, 2.24) is 39.9 Å². The highest BCUT2D eigenvalue weighted by molar-refractivity contribution is 5.92. The Kier molecular flexibility index (Phi) is 12.8. The van der Waals surface area contributed by atoms with Crippen LogP contribution in [0.3, 0.4) is 0 Å². The largest absolute Gasteiger partial charge is 0.441 e. The molecule has 2 aliphatic carbocycles. The molecule has 10 rings (SSSR count). The summed E-state index contributed by atoms with van der Waals surface area (Å²) in [6.07, 6.45) is -10.5. The van der Waals surface area contributed by atoms with Gasteiger partial charge in [-0.3, -0.25) is 9.80 Å². The molecule has 6 aliphatic rings. The van der Waals surface area contributed by atoms with Crippen LogP contribution in [0.1, 0.15) is 44.5 Å². The number of fused-ring (bicyclic) bond motifs is 2. The van der Waals surface area contributed by atoms with Gasteiger partial charge in [-0.1, -0.05) is 7.43 Å². The number of rotatable bonds is 6. The standard InChI is InChI=1S/2C19H20F3N7O4.CH4/c2*20-19(21,22)15-9(8-24-16(23)27-15)10-7-13(26-17(25-10)28-3-5-32-6-4-28)29-11-1-2-12(30)14(11)33-18(29)31;/h2*7-8,11-12,14,30H,1-6H2,(H2,23,24,27);1H4/t11-,12-,14?;11-,12-,14-;/m01./s1. The van der Waals surface area contributed by atoms with Gasteiger partial charge >= 0.3 is 24.5 Å². The maximum atomic E-state index is 13.7. The second kappa shape index (κ2) is 18.3. The number of carbonyl (C=O) groups is 2. The molecule has 8 heterocycles. The average molecular weight is 951 g/mol. The summed E-state index contributed by atoms with van der Waals surface area (Å²) in [5.74, 6) is -0.661. The molecule has 22 nitrogen and oxygen atoms in total. The van der Waals surface area contributed by atoms with Crippen LogP contribution < -0.4 is 31.1 Å². The lowest BCUT2D eigenvalue weighted by Crippen LogP contribution is -2.39. The van der Waals surface area contributed by atoms with E-state index in [1.807, 2.05) is 0 Å². The van der Waals surface area contributed by atoms with Crippen molar-refractivity contribution in [2.24, 2.45) is 0 Å². The summed E-state index contributed by atoms with van der Waals surface area (Å²) in [5.41, 5.74) is 7.27. The lowest BCUT2D eigenvalue weighted by Gasteiger charge is -2.28. The number of nitrogens with two attached hydrogens (primary N) is 2. The van der Waals surface area contributed by atoms with Crippen LogP contribution in [0.5, 0.6) is 0 Å². The number of carbonyl (C=O) groups excluding carboxylic acids is 2. The van der Waals surface area contributed by atoms with Crippen LogP contribution >= 0.6 is 0 Å². The third-order valence-electron chi connectivity index (χ3n) is 11.8.